The summed E-state index contributed by atoms with van der Waals surface area (Å²) in [7, 11) is 0. The number of nitrogens with zero attached hydrogens (tertiary/aromatic N) is 5. The molecular formula is C19H17N7OS. The van der Waals surface area contributed by atoms with Crippen LogP contribution in [0.25, 0.3) is 0 Å². The molecule has 4 rings (SSSR count). The van der Waals surface area contributed by atoms with Gasteiger partial charge in [-0.05, 0) is 43.0 Å². The van der Waals surface area contributed by atoms with E-state index in [9.17, 15) is 4.79 Å². The van der Waals surface area contributed by atoms with Crippen molar-refractivity contribution in [2.24, 2.45) is 0 Å². The quantitative estimate of drug-likeness (QED) is 0.638. The van der Waals surface area contributed by atoms with E-state index >= 15 is 0 Å². The highest BCUT2D eigenvalue weighted by Crippen LogP contribution is 2.48. The third-order valence-electron chi connectivity index (χ3n) is 4.39. The fourth-order valence-corrected chi connectivity index (χ4v) is 3.46. The Balaban J connectivity index is 1.32. The van der Waals surface area contributed by atoms with Gasteiger partial charge in [0.25, 0.3) is 0 Å². The average Bonchev–Trinajstić information content (AvgIpc) is 3.42. The van der Waals surface area contributed by atoms with Gasteiger partial charge < -0.3 is 5.73 Å². The van der Waals surface area contributed by atoms with E-state index in [-0.39, 0.29) is 5.91 Å². The first-order valence-electron chi connectivity index (χ1n) is 8.79. The SMILES string of the molecule is Nc1ccc(C#CCCc2nnc(NC(=O)C3(c4ccccn4)CC3)s2)nn1. The van der Waals surface area contributed by atoms with Crippen molar-refractivity contribution in [3.8, 4) is 11.8 Å². The van der Waals surface area contributed by atoms with Crippen molar-refractivity contribution in [3.63, 3.8) is 0 Å². The average molecular weight is 391 g/mol. The molecule has 1 amide bonds. The van der Waals surface area contributed by atoms with Crippen LogP contribution in [0.4, 0.5) is 10.9 Å². The highest BCUT2D eigenvalue weighted by Gasteiger charge is 2.52. The number of aryl methyl sites for hydroxylation is 1. The number of nitrogen functional groups attached to an aromatic ring is 1. The van der Waals surface area contributed by atoms with Gasteiger partial charge in [-0.3, -0.25) is 15.1 Å². The predicted octanol–water partition coefficient (Wildman–Crippen LogP) is 1.96. The fraction of sp³-hybridized carbons (Fsp3) is 0.263. The van der Waals surface area contributed by atoms with Crippen LogP contribution in [0, 0.1) is 11.8 Å². The number of rotatable bonds is 5. The summed E-state index contributed by atoms with van der Waals surface area (Å²) >= 11 is 1.36. The molecule has 0 saturated heterocycles. The maximum atomic E-state index is 12.7. The van der Waals surface area contributed by atoms with Crippen LogP contribution in [0.3, 0.4) is 0 Å². The Kier molecular flexibility index (Phi) is 4.95. The number of nitrogens with two attached hydrogens (primary N) is 1. The molecule has 1 aliphatic rings. The molecule has 8 nitrogen and oxygen atoms in total. The number of aromatic nitrogens is 5. The van der Waals surface area contributed by atoms with Gasteiger partial charge in [0.1, 0.15) is 16.5 Å². The Hall–Kier alpha value is -3.38. The molecule has 3 heterocycles. The van der Waals surface area contributed by atoms with E-state index in [1.165, 1.54) is 11.3 Å². The Labute approximate surface area is 165 Å². The zero-order chi connectivity index (χ0) is 19.4. The minimum atomic E-state index is -0.529. The van der Waals surface area contributed by atoms with E-state index in [0.717, 1.165) is 23.5 Å². The van der Waals surface area contributed by atoms with Crippen molar-refractivity contribution >= 4 is 28.2 Å². The van der Waals surface area contributed by atoms with Crippen LogP contribution in [-0.4, -0.2) is 31.3 Å². The number of amides is 1. The molecule has 0 aliphatic heterocycles. The lowest BCUT2D eigenvalue weighted by Gasteiger charge is -2.12. The van der Waals surface area contributed by atoms with Gasteiger partial charge >= 0.3 is 0 Å². The van der Waals surface area contributed by atoms with E-state index in [1.54, 1.807) is 18.3 Å². The van der Waals surface area contributed by atoms with Crippen LogP contribution < -0.4 is 11.1 Å². The fourth-order valence-electron chi connectivity index (χ4n) is 2.72. The summed E-state index contributed by atoms with van der Waals surface area (Å²) < 4.78 is 0. The molecule has 0 radical (unpaired) electrons. The largest absolute Gasteiger partial charge is 0.382 e. The summed E-state index contributed by atoms with van der Waals surface area (Å²) in [6.07, 6.45) is 4.56. The molecule has 0 spiro atoms. The molecular weight excluding hydrogens is 374 g/mol. The van der Waals surface area contributed by atoms with Crippen molar-refractivity contribution in [3.05, 3.63) is 52.9 Å². The third kappa shape index (κ3) is 3.97. The van der Waals surface area contributed by atoms with Crippen LogP contribution >= 0.6 is 11.3 Å². The molecule has 0 atom stereocenters. The van der Waals surface area contributed by atoms with Crippen LogP contribution in [0.2, 0.25) is 0 Å². The standard InChI is InChI=1S/C19H17N7OS/c20-15-9-8-13(23-24-15)5-1-2-7-16-25-26-18(28-16)22-17(27)19(10-11-19)14-6-3-4-12-21-14/h3-4,6,8-9,12H,2,7,10-11H2,(H2,20,24)(H,22,26,27). The topological polar surface area (TPSA) is 120 Å². The molecule has 140 valence electrons. The smallest absolute Gasteiger partial charge is 0.238 e. The minimum absolute atomic E-state index is 0.0735. The van der Waals surface area contributed by atoms with E-state index in [4.69, 9.17) is 5.73 Å². The van der Waals surface area contributed by atoms with Crippen molar-refractivity contribution < 1.29 is 4.79 Å². The van der Waals surface area contributed by atoms with Crippen LogP contribution in [0.15, 0.2) is 36.5 Å². The monoisotopic (exact) mass is 391 g/mol. The van der Waals surface area contributed by atoms with Gasteiger partial charge in [-0.15, -0.1) is 20.4 Å². The highest BCUT2D eigenvalue weighted by atomic mass is 32.1. The normalized spacial score (nSPS) is 14.0. The van der Waals surface area contributed by atoms with Gasteiger partial charge in [0.15, 0.2) is 0 Å². The predicted molar refractivity (Wildman–Crippen MR) is 105 cm³/mol. The summed E-state index contributed by atoms with van der Waals surface area (Å²) in [5, 5.41) is 20.0. The number of hydrogen-bond donors (Lipinski definition) is 2. The Morgan fingerprint density at radius 2 is 2.07 bits per heavy atom. The maximum absolute atomic E-state index is 12.7. The summed E-state index contributed by atoms with van der Waals surface area (Å²) in [6, 6.07) is 9.02. The molecule has 1 aliphatic carbocycles. The van der Waals surface area contributed by atoms with E-state index < -0.39 is 5.41 Å². The second-order valence-corrected chi connectivity index (χ2v) is 7.46. The number of pyridine rings is 1. The molecule has 3 N–H and O–H groups in total. The number of hydrogen-bond acceptors (Lipinski definition) is 8. The van der Waals surface area contributed by atoms with Crippen LogP contribution in [0.1, 0.15) is 35.7 Å². The number of carbonyl (C=O) groups excluding carboxylic acids is 1. The molecule has 3 aromatic heterocycles. The third-order valence-corrected chi connectivity index (χ3v) is 5.29. The second kappa shape index (κ2) is 7.70. The van der Waals surface area contributed by atoms with Crippen molar-refractivity contribution in [2.75, 3.05) is 11.1 Å². The lowest BCUT2D eigenvalue weighted by molar-refractivity contribution is -0.118. The first kappa shape index (κ1) is 18.0. The number of nitrogens with one attached hydrogen (secondary N) is 1. The lowest BCUT2D eigenvalue weighted by Crippen LogP contribution is -2.28. The Morgan fingerprint density at radius 1 is 1.18 bits per heavy atom. The van der Waals surface area contributed by atoms with Gasteiger partial charge in [0.05, 0.1) is 11.1 Å². The molecule has 1 fully saturated rings. The molecule has 9 heteroatoms. The number of carbonyl (C=O) groups is 1. The van der Waals surface area contributed by atoms with Gasteiger partial charge in [0, 0.05) is 19.0 Å². The molecule has 0 unspecified atom stereocenters. The molecule has 0 aromatic carbocycles. The van der Waals surface area contributed by atoms with Gasteiger partial charge in [-0.25, -0.2) is 0 Å². The Bertz CT molecular complexity index is 1030. The summed E-state index contributed by atoms with van der Waals surface area (Å²) in [5.74, 6) is 6.25. The van der Waals surface area contributed by atoms with Gasteiger partial charge in [0.2, 0.25) is 11.0 Å². The van der Waals surface area contributed by atoms with Crippen molar-refractivity contribution in [1.29, 1.82) is 0 Å². The first-order chi connectivity index (χ1) is 13.7. The molecule has 28 heavy (non-hydrogen) atoms. The molecule has 3 aromatic rings. The second-order valence-electron chi connectivity index (χ2n) is 6.40. The van der Waals surface area contributed by atoms with E-state index in [2.05, 4.69) is 42.5 Å². The minimum Gasteiger partial charge on any atom is -0.382 e. The van der Waals surface area contributed by atoms with E-state index in [1.807, 2.05) is 18.2 Å². The van der Waals surface area contributed by atoms with Crippen molar-refractivity contribution in [1.82, 2.24) is 25.4 Å². The maximum Gasteiger partial charge on any atom is 0.238 e. The molecule has 1 saturated carbocycles. The summed E-state index contributed by atoms with van der Waals surface area (Å²) in [6.45, 7) is 0. The zero-order valence-electron chi connectivity index (χ0n) is 14.9. The van der Waals surface area contributed by atoms with Crippen LogP contribution in [-0.2, 0) is 16.6 Å². The lowest BCUT2D eigenvalue weighted by atomic mass is 10.0. The molecule has 0 bridgehead atoms. The number of anilines is 2. The summed E-state index contributed by atoms with van der Waals surface area (Å²) in [5.41, 5.74) is 6.34. The first-order valence-corrected chi connectivity index (χ1v) is 9.61. The van der Waals surface area contributed by atoms with E-state index in [0.29, 0.717) is 29.5 Å². The van der Waals surface area contributed by atoms with Crippen LogP contribution in [0.5, 0.6) is 0 Å². The summed E-state index contributed by atoms with van der Waals surface area (Å²) in [4.78, 5) is 17.0. The van der Waals surface area contributed by atoms with Crippen molar-refractivity contribution in [2.45, 2.75) is 31.1 Å². The van der Waals surface area contributed by atoms with Gasteiger partial charge in [-0.2, -0.15) is 0 Å². The van der Waals surface area contributed by atoms with Gasteiger partial charge in [-0.1, -0.05) is 23.3 Å². The zero-order valence-corrected chi connectivity index (χ0v) is 15.7. The highest BCUT2D eigenvalue weighted by molar-refractivity contribution is 7.15. The Morgan fingerprint density at radius 3 is 2.79 bits per heavy atom.